The van der Waals surface area contributed by atoms with Crippen molar-refractivity contribution in [3.63, 3.8) is 0 Å². The van der Waals surface area contributed by atoms with Crippen LogP contribution in [-0.2, 0) is 33.3 Å². The van der Waals surface area contributed by atoms with Gasteiger partial charge in [0, 0.05) is 19.3 Å². The Morgan fingerprint density at radius 2 is 1.23 bits per heavy atom. The van der Waals surface area contributed by atoms with Gasteiger partial charge in [-0.1, -0.05) is 59.3 Å². The maximum Gasteiger partial charge on any atom is 0.306 e. The lowest BCUT2D eigenvalue weighted by Crippen LogP contribution is -2.40. The lowest BCUT2D eigenvalue weighted by Gasteiger charge is -2.23. The highest BCUT2D eigenvalue weighted by Gasteiger charge is 2.43. The number of carbonyl (C=O) groups excluding carboxylic acids is 3. The van der Waals surface area contributed by atoms with Crippen LogP contribution in [0, 0.1) is 0 Å². The first kappa shape index (κ1) is 26.4. The lowest BCUT2D eigenvalue weighted by molar-refractivity contribution is -0.168. The van der Waals surface area contributed by atoms with E-state index in [-0.39, 0.29) is 31.1 Å². The van der Waals surface area contributed by atoms with Gasteiger partial charge in [0.2, 0.25) is 0 Å². The van der Waals surface area contributed by atoms with Gasteiger partial charge in [0.1, 0.15) is 12.7 Å². The highest BCUT2D eigenvalue weighted by molar-refractivity contribution is 5.71. The zero-order valence-electron chi connectivity index (χ0n) is 19.0. The van der Waals surface area contributed by atoms with Gasteiger partial charge in [-0.15, -0.1) is 0 Å². The van der Waals surface area contributed by atoms with Gasteiger partial charge in [-0.2, -0.15) is 0 Å². The second kappa shape index (κ2) is 16.1. The van der Waals surface area contributed by atoms with Crippen LogP contribution in [-0.4, -0.2) is 49.4 Å². The lowest BCUT2D eigenvalue weighted by atomic mass is 10.1. The minimum absolute atomic E-state index is 0.0122. The second-order valence-electron chi connectivity index (χ2n) is 7.91. The van der Waals surface area contributed by atoms with Crippen LogP contribution in [0.5, 0.6) is 0 Å². The fraction of sp³-hybridized carbons (Fsp3) is 0.870. The van der Waals surface area contributed by atoms with Gasteiger partial charge in [0.25, 0.3) is 0 Å². The van der Waals surface area contributed by atoms with Crippen molar-refractivity contribution in [1.29, 1.82) is 0 Å². The molecule has 7 heteroatoms. The van der Waals surface area contributed by atoms with E-state index < -0.39 is 18.3 Å². The van der Waals surface area contributed by atoms with Gasteiger partial charge in [-0.05, 0) is 19.3 Å². The molecule has 1 heterocycles. The van der Waals surface area contributed by atoms with Gasteiger partial charge in [0.15, 0.2) is 12.2 Å². The van der Waals surface area contributed by atoms with Crippen molar-refractivity contribution in [2.75, 3.05) is 13.2 Å². The zero-order chi connectivity index (χ0) is 22.2. The molecule has 0 aliphatic carbocycles. The summed E-state index contributed by atoms with van der Waals surface area (Å²) in [4.78, 5) is 36.3. The van der Waals surface area contributed by atoms with Gasteiger partial charge >= 0.3 is 17.9 Å². The molecule has 0 amide bonds. The van der Waals surface area contributed by atoms with Crippen LogP contribution >= 0.6 is 0 Å². The number of ether oxygens (including phenoxy) is 4. The molecular formula is C23H40O7. The molecule has 1 aliphatic heterocycles. The summed E-state index contributed by atoms with van der Waals surface area (Å²) >= 11 is 0. The number of rotatable bonds is 16. The summed E-state index contributed by atoms with van der Waals surface area (Å²) in [6.45, 7) is 6.32. The average molecular weight is 429 g/mol. The van der Waals surface area contributed by atoms with Crippen LogP contribution in [0.1, 0.15) is 97.8 Å². The van der Waals surface area contributed by atoms with Crippen molar-refractivity contribution in [1.82, 2.24) is 0 Å². The van der Waals surface area contributed by atoms with E-state index in [4.69, 9.17) is 18.9 Å². The first-order valence-electron chi connectivity index (χ1n) is 11.7. The van der Waals surface area contributed by atoms with Gasteiger partial charge in [-0.25, -0.2) is 0 Å². The molecule has 1 saturated heterocycles. The van der Waals surface area contributed by atoms with Crippen molar-refractivity contribution >= 4 is 17.9 Å². The average Bonchev–Trinajstić information content (AvgIpc) is 3.08. The predicted molar refractivity (Wildman–Crippen MR) is 113 cm³/mol. The normalized spacial score (nSPS) is 20.7. The van der Waals surface area contributed by atoms with Gasteiger partial charge in [-0.3, -0.25) is 14.4 Å². The third-order valence-corrected chi connectivity index (χ3v) is 5.12. The molecular weight excluding hydrogens is 388 g/mol. The van der Waals surface area contributed by atoms with E-state index >= 15 is 0 Å². The van der Waals surface area contributed by atoms with Crippen LogP contribution in [0.2, 0.25) is 0 Å². The molecule has 30 heavy (non-hydrogen) atoms. The summed E-state index contributed by atoms with van der Waals surface area (Å²) in [5.41, 5.74) is 0. The Morgan fingerprint density at radius 3 is 1.77 bits per heavy atom. The van der Waals surface area contributed by atoms with E-state index in [1.54, 1.807) is 0 Å². The van der Waals surface area contributed by atoms with Crippen molar-refractivity contribution in [3.8, 4) is 0 Å². The fourth-order valence-electron chi connectivity index (χ4n) is 3.29. The quantitative estimate of drug-likeness (QED) is 0.203. The minimum atomic E-state index is -0.752. The van der Waals surface area contributed by atoms with Crippen LogP contribution in [0.25, 0.3) is 0 Å². The zero-order valence-corrected chi connectivity index (χ0v) is 19.0. The molecule has 174 valence electrons. The number of unbranched alkanes of at least 4 members (excludes halogenated alkanes) is 6. The summed E-state index contributed by atoms with van der Waals surface area (Å²) in [6, 6.07) is 0. The third-order valence-electron chi connectivity index (χ3n) is 5.12. The first-order chi connectivity index (χ1) is 14.5. The molecule has 0 radical (unpaired) electrons. The number of esters is 3. The van der Waals surface area contributed by atoms with E-state index in [0.29, 0.717) is 19.3 Å². The SMILES string of the molecule is CCCCCC(=O)OC[C@@H]1OC[C@@H](OC(=O)CCCCC)[C@H]1OC(=O)CCCCC. The van der Waals surface area contributed by atoms with Crippen molar-refractivity contribution in [2.24, 2.45) is 0 Å². The minimum Gasteiger partial charge on any atom is -0.463 e. The number of carbonyl (C=O) groups is 3. The Labute approximate surface area is 181 Å². The van der Waals surface area contributed by atoms with Crippen molar-refractivity contribution in [3.05, 3.63) is 0 Å². The largest absolute Gasteiger partial charge is 0.463 e. The molecule has 1 aliphatic rings. The highest BCUT2D eigenvalue weighted by Crippen LogP contribution is 2.23. The molecule has 0 bridgehead atoms. The Morgan fingerprint density at radius 1 is 0.733 bits per heavy atom. The Hall–Kier alpha value is -1.63. The summed E-state index contributed by atoms with van der Waals surface area (Å²) in [7, 11) is 0. The third kappa shape index (κ3) is 11.0. The molecule has 0 aromatic rings. The van der Waals surface area contributed by atoms with Gasteiger partial charge in [0.05, 0.1) is 6.61 Å². The summed E-state index contributed by atoms with van der Waals surface area (Å²) < 4.78 is 22.1. The van der Waals surface area contributed by atoms with E-state index in [2.05, 4.69) is 20.8 Å². The summed E-state index contributed by atoms with van der Waals surface area (Å²) in [5, 5.41) is 0. The molecule has 7 nitrogen and oxygen atoms in total. The maximum absolute atomic E-state index is 12.2. The maximum atomic E-state index is 12.2. The molecule has 0 spiro atoms. The summed E-state index contributed by atoms with van der Waals surface area (Å²) in [5.74, 6) is -0.952. The second-order valence-corrected chi connectivity index (χ2v) is 7.91. The highest BCUT2D eigenvalue weighted by atomic mass is 16.6. The van der Waals surface area contributed by atoms with E-state index in [9.17, 15) is 14.4 Å². The molecule has 0 N–H and O–H groups in total. The molecule has 1 fully saturated rings. The van der Waals surface area contributed by atoms with Crippen molar-refractivity contribution < 1.29 is 33.3 Å². The van der Waals surface area contributed by atoms with E-state index in [1.807, 2.05) is 0 Å². The smallest absolute Gasteiger partial charge is 0.306 e. The fourth-order valence-corrected chi connectivity index (χ4v) is 3.29. The Kier molecular flexibility index (Phi) is 14.2. The van der Waals surface area contributed by atoms with Crippen LogP contribution < -0.4 is 0 Å². The molecule has 3 atom stereocenters. The molecule has 0 aromatic carbocycles. The topological polar surface area (TPSA) is 88.1 Å². The van der Waals surface area contributed by atoms with Gasteiger partial charge < -0.3 is 18.9 Å². The number of hydrogen-bond acceptors (Lipinski definition) is 7. The van der Waals surface area contributed by atoms with E-state index in [0.717, 1.165) is 57.8 Å². The molecule has 0 unspecified atom stereocenters. The van der Waals surface area contributed by atoms with Crippen LogP contribution in [0.4, 0.5) is 0 Å². The van der Waals surface area contributed by atoms with Crippen LogP contribution in [0.15, 0.2) is 0 Å². The molecule has 0 aromatic heterocycles. The predicted octanol–water partition coefficient (Wildman–Crippen LogP) is 4.49. The summed E-state index contributed by atoms with van der Waals surface area (Å²) in [6.07, 6.45) is 7.20. The van der Waals surface area contributed by atoms with Crippen molar-refractivity contribution in [2.45, 2.75) is 116 Å². The standard InChI is InChI=1S/C23H40O7/c1-4-7-10-13-20(24)28-16-18-23(30-22(26)15-12-9-6-3)19(17-27-18)29-21(25)14-11-8-5-2/h18-19,23H,4-17H2,1-3H3/t18-,19+,23-/m0/s1. The monoisotopic (exact) mass is 428 g/mol. The molecule has 0 saturated carbocycles. The number of hydrogen-bond donors (Lipinski definition) is 0. The Balaban J connectivity index is 2.60. The van der Waals surface area contributed by atoms with Crippen LogP contribution in [0.3, 0.4) is 0 Å². The Bertz CT molecular complexity index is 506. The molecule has 1 rings (SSSR count). The first-order valence-corrected chi connectivity index (χ1v) is 11.7. The van der Waals surface area contributed by atoms with E-state index in [1.165, 1.54) is 0 Å².